The molecule has 0 aliphatic rings. The number of pyridine rings is 1. The number of phenolic OH excluding ortho intramolecular Hbond substituents is 1. The smallest absolute Gasteiger partial charge is 0.173 e. The van der Waals surface area contributed by atoms with E-state index in [2.05, 4.69) is 31.4 Å². The molecule has 29 heavy (non-hydrogen) atoms. The lowest BCUT2D eigenvalue weighted by Crippen LogP contribution is -2.20. The van der Waals surface area contributed by atoms with Crippen LogP contribution in [0.25, 0.3) is 10.9 Å². The van der Waals surface area contributed by atoms with E-state index in [1.807, 2.05) is 66.7 Å². The lowest BCUT2D eigenvalue weighted by Gasteiger charge is -2.07. The normalized spacial score (nSPS) is 11.8. The monoisotopic (exact) mass is 444 g/mol. The Kier molecular flexibility index (Phi) is 5.63. The van der Waals surface area contributed by atoms with Gasteiger partial charge in [-0.05, 0) is 42.5 Å². The molecule has 2 N–H and O–H groups in total. The Bertz CT molecular complexity index is 1210. The largest absolute Gasteiger partial charge is 0.507 e. The van der Waals surface area contributed by atoms with Gasteiger partial charge in [-0.2, -0.15) is 5.10 Å². The number of nitrogens with zero attached hydrogens (tertiary/aromatic N) is 3. The highest BCUT2D eigenvalue weighted by Gasteiger charge is 2.07. The molecule has 5 nitrogen and oxygen atoms in total. The summed E-state index contributed by atoms with van der Waals surface area (Å²) < 4.78 is 0.853. The average Bonchev–Trinajstić information content (AvgIpc) is 2.76. The quantitative estimate of drug-likeness (QED) is 0.251. The van der Waals surface area contributed by atoms with E-state index in [9.17, 15) is 5.11 Å². The van der Waals surface area contributed by atoms with Crippen molar-refractivity contribution >= 4 is 44.6 Å². The van der Waals surface area contributed by atoms with Gasteiger partial charge in [0.2, 0.25) is 0 Å². The van der Waals surface area contributed by atoms with E-state index in [4.69, 9.17) is 4.98 Å². The molecule has 0 aliphatic carbocycles. The van der Waals surface area contributed by atoms with Gasteiger partial charge in [0.05, 0.1) is 17.4 Å². The fourth-order valence-corrected chi connectivity index (χ4v) is 3.14. The summed E-state index contributed by atoms with van der Waals surface area (Å²) in [6.45, 7) is 0. The van der Waals surface area contributed by atoms with Gasteiger partial charge in [0, 0.05) is 15.4 Å². The molecule has 4 rings (SSSR count). The number of para-hydroxylation sites is 2. The second kappa shape index (κ2) is 8.67. The number of aromatic hydroxyl groups is 1. The minimum atomic E-state index is 0.143. The van der Waals surface area contributed by atoms with Crippen LogP contribution >= 0.6 is 15.9 Å². The number of phenols is 1. The number of fused-ring (bicyclic) bond motifs is 1. The number of hydrogen-bond acceptors (Lipinski definition) is 4. The van der Waals surface area contributed by atoms with Crippen LogP contribution in [0.1, 0.15) is 11.3 Å². The molecule has 0 spiro atoms. The third kappa shape index (κ3) is 4.67. The van der Waals surface area contributed by atoms with Crippen LogP contribution in [0.3, 0.4) is 0 Å². The van der Waals surface area contributed by atoms with Gasteiger partial charge in [-0.15, -0.1) is 0 Å². The SMILES string of the molecule is Oc1ccc(Br)cc1C=NNC(=Nc1ccccc1)c1ccc2ccccc2n1. The van der Waals surface area contributed by atoms with E-state index in [1.165, 1.54) is 0 Å². The zero-order valence-corrected chi connectivity index (χ0v) is 16.9. The van der Waals surface area contributed by atoms with Crippen LogP contribution in [0.15, 0.2) is 99.5 Å². The van der Waals surface area contributed by atoms with Crippen molar-refractivity contribution in [2.75, 3.05) is 0 Å². The Balaban J connectivity index is 1.69. The first-order chi connectivity index (χ1) is 14.2. The summed E-state index contributed by atoms with van der Waals surface area (Å²) >= 11 is 3.39. The zero-order chi connectivity index (χ0) is 20.1. The summed E-state index contributed by atoms with van der Waals surface area (Å²) in [5.41, 5.74) is 5.88. The van der Waals surface area contributed by atoms with Gasteiger partial charge in [0.15, 0.2) is 5.84 Å². The molecule has 142 valence electrons. The van der Waals surface area contributed by atoms with Gasteiger partial charge in [0.1, 0.15) is 11.4 Å². The van der Waals surface area contributed by atoms with Crippen LogP contribution < -0.4 is 5.43 Å². The van der Waals surface area contributed by atoms with Crippen LogP contribution in [0.5, 0.6) is 5.75 Å². The van der Waals surface area contributed by atoms with Crippen molar-refractivity contribution in [3.05, 3.63) is 101 Å². The Labute approximate surface area is 176 Å². The predicted octanol–water partition coefficient (Wildman–Crippen LogP) is 5.40. The molecule has 6 heteroatoms. The predicted molar refractivity (Wildman–Crippen MR) is 121 cm³/mol. The average molecular weight is 445 g/mol. The molecule has 4 aromatic rings. The maximum absolute atomic E-state index is 9.99. The van der Waals surface area contributed by atoms with Crippen LogP contribution in [0, 0.1) is 0 Å². The van der Waals surface area contributed by atoms with Crippen molar-refractivity contribution in [1.82, 2.24) is 10.4 Å². The number of nitrogens with one attached hydrogen (secondary N) is 1. The highest BCUT2D eigenvalue weighted by atomic mass is 79.9. The van der Waals surface area contributed by atoms with Crippen molar-refractivity contribution < 1.29 is 5.11 Å². The summed E-state index contributed by atoms with van der Waals surface area (Å²) in [7, 11) is 0. The van der Waals surface area contributed by atoms with E-state index in [-0.39, 0.29) is 5.75 Å². The Morgan fingerprint density at radius 2 is 1.72 bits per heavy atom. The lowest BCUT2D eigenvalue weighted by atomic mass is 10.2. The standard InChI is InChI=1S/C23H17BrN4O/c24-18-11-13-22(29)17(14-18)15-25-28-23(26-19-7-2-1-3-8-19)21-12-10-16-6-4-5-9-20(16)27-21/h1-15,29H,(H,26,28). The topological polar surface area (TPSA) is 69.9 Å². The molecular formula is C23H17BrN4O. The minimum Gasteiger partial charge on any atom is -0.507 e. The van der Waals surface area contributed by atoms with Gasteiger partial charge in [-0.1, -0.05) is 58.4 Å². The fourth-order valence-electron chi connectivity index (χ4n) is 2.76. The second-order valence-electron chi connectivity index (χ2n) is 6.26. The molecule has 1 aromatic heterocycles. The van der Waals surface area contributed by atoms with Crippen molar-refractivity contribution in [1.29, 1.82) is 0 Å². The van der Waals surface area contributed by atoms with Crippen molar-refractivity contribution in [3.63, 3.8) is 0 Å². The Hall–Kier alpha value is -3.51. The summed E-state index contributed by atoms with van der Waals surface area (Å²) in [4.78, 5) is 9.37. The van der Waals surface area contributed by atoms with Crippen LogP contribution in [-0.4, -0.2) is 22.1 Å². The molecule has 0 bridgehead atoms. The summed E-state index contributed by atoms with van der Waals surface area (Å²) in [5, 5.41) is 15.3. The van der Waals surface area contributed by atoms with Gasteiger partial charge < -0.3 is 5.11 Å². The van der Waals surface area contributed by atoms with Crippen molar-refractivity contribution in [3.8, 4) is 5.75 Å². The molecule has 3 aromatic carbocycles. The van der Waals surface area contributed by atoms with E-state index in [1.54, 1.807) is 24.4 Å². The molecule has 0 unspecified atom stereocenters. The van der Waals surface area contributed by atoms with E-state index >= 15 is 0 Å². The maximum Gasteiger partial charge on any atom is 0.173 e. The van der Waals surface area contributed by atoms with E-state index in [0.29, 0.717) is 17.1 Å². The Morgan fingerprint density at radius 3 is 2.59 bits per heavy atom. The zero-order valence-electron chi connectivity index (χ0n) is 15.3. The summed E-state index contributed by atoms with van der Waals surface area (Å²) in [6.07, 6.45) is 1.54. The Morgan fingerprint density at radius 1 is 0.931 bits per heavy atom. The number of hydrazone groups is 1. The van der Waals surface area contributed by atoms with E-state index in [0.717, 1.165) is 21.1 Å². The van der Waals surface area contributed by atoms with Gasteiger partial charge >= 0.3 is 0 Å². The highest BCUT2D eigenvalue weighted by molar-refractivity contribution is 9.10. The number of benzene rings is 3. The van der Waals surface area contributed by atoms with Crippen molar-refractivity contribution in [2.45, 2.75) is 0 Å². The number of halogens is 1. The third-order valence-electron chi connectivity index (χ3n) is 4.20. The van der Waals surface area contributed by atoms with Crippen LogP contribution in [-0.2, 0) is 0 Å². The molecule has 0 aliphatic heterocycles. The number of aliphatic imine (C=N–C) groups is 1. The minimum absolute atomic E-state index is 0.143. The number of rotatable bonds is 4. The first-order valence-corrected chi connectivity index (χ1v) is 9.76. The van der Waals surface area contributed by atoms with Crippen molar-refractivity contribution in [2.24, 2.45) is 10.1 Å². The number of aromatic nitrogens is 1. The molecule has 1 heterocycles. The van der Waals surface area contributed by atoms with Crippen LogP contribution in [0.4, 0.5) is 5.69 Å². The summed E-state index contributed by atoms with van der Waals surface area (Å²) in [6, 6.07) is 26.6. The fraction of sp³-hybridized carbons (Fsp3) is 0. The van der Waals surface area contributed by atoms with Crippen LogP contribution in [0.2, 0.25) is 0 Å². The molecular weight excluding hydrogens is 428 g/mol. The second-order valence-corrected chi connectivity index (χ2v) is 7.17. The first kappa shape index (κ1) is 18.8. The van der Waals surface area contributed by atoms with Gasteiger partial charge in [0.25, 0.3) is 0 Å². The molecule has 0 saturated carbocycles. The first-order valence-electron chi connectivity index (χ1n) is 8.96. The molecule has 0 amide bonds. The lowest BCUT2D eigenvalue weighted by molar-refractivity contribution is 0.474. The molecule has 0 saturated heterocycles. The maximum atomic E-state index is 9.99. The number of hydrogen-bond donors (Lipinski definition) is 2. The van der Waals surface area contributed by atoms with Gasteiger partial charge in [-0.25, -0.2) is 9.98 Å². The van der Waals surface area contributed by atoms with Gasteiger partial charge in [-0.3, -0.25) is 5.43 Å². The summed E-state index contributed by atoms with van der Waals surface area (Å²) in [5.74, 6) is 0.650. The molecule has 0 fully saturated rings. The molecule has 0 radical (unpaired) electrons. The van der Waals surface area contributed by atoms with E-state index < -0.39 is 0 Å². The number of amidine groups is 1. The highest BCUT2D eigenvalue weighted by Crippen LogP contribution is 2.20. The molecule has 0 atom stereocenters. The third-order valence-corrected chi connectivity index (χ3v) is 4.70.